The zero-order valence-corrected chi connectivity index (χ0v) is 9.82. The van der Waals surface area contributed by atoms with Gasteiger partial charge in [-0.3, -0.25) is 4.79 Å². The minimum atomic E-state index is 0.150. The molecule has 2 rings (SSSR count). The van der Waals surface area contributed by atoms with Gasteiger partial charge in [-0.05, 0) is 46.9 Å². The summed E-state index contributed by atoms with van der Waals surface area (Å²) in [4.78, 5) is 13.4. The number of nitrogens with one attached hydrogen (secondary N) is 1. The van der Waals surface area contributed by atoms with E-state index in [1.807, 2.05) is 29.2 Å². The number of amides is 1. The SMILES string of the molecule is O=C1CNCCN1c1ccc(I)cc1. The Hall–Kier alpha value is -0.620. The van der Waals surface area contributed by atoms with Crippen molar-refractivity contribution in [3.63, 3.8) is 0 Å². The second-order valence-corrected chi connectivity index (χ2v) is 4.44. The molecule has 1 aliphatic heterocycles. The van der Waals surface area contributed by atoms with Crippen molar-refractivity contribution < 1.29 is 4.79 Å². The lowest BCUT2D eigenvalue weighted by Gasteiger charge is -2.27. The van der Waals surface area contributed by atoms with Crippen LogP contribution in [0.2, 0.25) is 0 Å². The van der Waals surface area contributed by atoms with Crippen LogP contribution in [-0.2, 0) is 4.79 Å². The predicted molar refractivity (Wildman–Crippen MR) is 64.4 cm³/mol. The van der Waals surface area contributed by atoms with Crippen molar-refractivity contribution in [1.29, 1.82) is 0 Å². The summed E-state index contributed by atoms with van der Waals surface area (Å²) in [5.41, 5.74) is 0.997. The Kier molecular flexibility index (Phi) is 3.02. The molecule has 0 radical (unpaired) electrons. The maximum Gasteiger partial charge on any atom is 0.240 e. The van der Waals surface area contributed by atoms with Crippen LogP contribution in [0.4, 0.5) is 5.69 Å². The minimum Gasteiger partial charge on any atom is -0.310 e. The summed E-state index contributed by atoms with van der Waals surface area (Å²) >= 11 is 2.26. The standard InChI is InChI=1S/C10H11IN2O/c11-8-1-3-9(4-2-8)13-6-5-12-7-10(13)14/h1-4,12H,5-7H2. The average Bonchev–Trinajstić information content (AvgIpc) is 2.20. The number of nitrogens with zero attached hydrogens (tertiary/aromatic N) is 1. The number of carbonyl (C=O) groups is 1. The van der Waals surface area contributed by atoms with Gasteiger partial charge in [0.05, 0.1) is 6.54 Å². The third-order valence-corrected chi connectivity index (χ3v) is 2.95. The molecule has 0 bridgehead atoms. The lowest BCUT2D eigenvalue weighted by molar-refractivity contribution is -0.118. The fourth-order valence-electron chi connectivity index (χ4n) is 1.50. The number of piperazine rings is 1. The van der Waals surface area contributed by atoms with Gasteiger partial charge >= 0.3 is 0 Å². The van der Waals surface area contributed by atoms with Gasteiger partial charge in [0.2, 0.25) is 5.91 Å². The molecular formula is C10H11IN2O. The Balaban J connectivity index is 2.20. The summed E-state index contributed by atoms with van der Waals surface area (Å²) in [5.74, 6) is 0.150. The van der Waals surface area contributed by atoms with E-state index in [0.29, 0.717) is 6.54 Å². The number of benzene rings is 1. The third kappa shape index (κ3) is 2.06. The monoisotopic (exact) mass is 302 g/mol. The van der Waals surface area contributed by atoms with Gasteiger partial charge in [-0.25, -0.2) is 0 Å². The summed E-state index contributed by atoms with van der Waals surface area (Å²) in [6.45, 7) is 2.09. The molecule has 1 heterocycles. The Labute approximate surface area is 96.6 Å². The van der Waals surface area contributed by atoms with E-state index in [0.717, 1.165) is 18.8 Å². The maximum atomic E-state index is 11.5. The Morgan fingerprint density at radius 3 is 2.64 bits per heavy atom. The number of hydrogen-bond donors (Lipinski definition) is 1. The van der Waals surface area contributed by atoms with Crippen molar-refractivity contribution >= 4 is 34.2 Å². The molecule has 0 aromatic heterocycles. The molecule has 0 atom stereocenters. The van der Waals surface area contributed by atoms with Crippen LogP contribution in [0.25, 0.3) is 0 Å². The van der Waals surface area contributed by atoms with Crippen molar-refractivity contribution in [2.75, 3.05) is 24.5 Å². The number of rotatable bonds is 1. The zero-order valence-electron chi connectivity index (χ0n) is 7.66. The Morgan fingerprint density at radius 2 is 2.00 bits per heavy atom. The van der Waals surface area contributed by atoms with E-state index in [9.17, 15) is 4.79 Å². The molecule has 1 fully saturated rings. The highest BCUT2D eigenvalue weighted by atomic mass is 127. The predicted octanol–water partition coefficient (Wildman–Crippen LogP) is 1.23. The van der Waals surface area contributed by atoms with E-state index in [1.165, 1.54) is 3.57 Å². The van der Waals surface area contributed by atoms with Crippen LogP contribution in [0, 0.1) is 3.57 Å². The van der Waals surface area contributed by atoms with E-state index in [2.05, 4.69) is 27.9 Å². The molecule has 74 valence electrons. The van der Waals surface area contributed by atoms with Crippen molar-refractivity contribution in [3.8, 4) is 0 Å². The molecule has 3 nitrogen and oxygen atoms in total. The van der Waals surface area contributed by atoms with Crippen LogP contribution >= 0.6 is 22.6 Å². The first kappa shape index (κ1) is 9.92. The van der Waals surface area contributed by atoms with Gasteiger partial charge in [0.25, 0.3) is 0 Å². The van der Waals surface area contributed by atoms with Gasteiger partial charge in [0.15, 0.2) is 0 Å². The molecule has 1 saturated heterocycles. The smallest absolute Gasteiger partial charge is 0.240 e. The topological polar surface area (TPSA) is 32.3 Å². The second kappa shape index (κ2) is 4.27. The maximum absolute atomic E-state index is 11.5. The highest BCUT2D eigenvalue weighted by molar-refractivity contribution is 14.1. The van der Waals surface area contributed by atoms with E-state index < -0.39 is 0 Å². The molecule has 4 heteroatoms. The number of halogens is 1. The molecule has 1 N–H and O–H groups in total. The lowest BCUT2D eigenvalue weighted by Crippen LogP contribution is -2.48. The van der Waals surface area contributed by atoms with Crippen LogP contribution in [-0.4, -0.2) is 25.5 Å². The van der Waals surface area contributed by atoms with Crippen molar-refractivity contribution in [2.24, 2.45) is 0 Å². The molecule has 1 aromatic rings. The van der Waals surface area contributed by atoms with Gasteiger partial charge in [-0.1, -0.05) is 0 Å². The molecule has 14 heavy (non-hydrogen) atoms. The summed E-state index contributed by atoms with van der Waals surface area (Å²) in [6, 6.07) is 8.02. The molecule has 0 aliphatic carbocycles. The highest BCUT2D eigenvalue weighted by Gasteiger charge is 2.18. The molecule has 1 aliphatic rings. The third-order valence-electron chi connectivity index (χ3n) is 2.23. The van der Waals surface area contributed by atoms with Crippen LogP contribution in [0.5, 0.6) is 0 Å². The Morgan fingerprint density at radius 1 is 1.29 bits per heavy atom. The van der Waals surface area contributed by atoms with Crippen molar-refractivity contribution in [2.45, 2.75) is 0 Å². The van der Waals surface area contributed by atoms with Gasteiger partial charge in [0, 0.05) is 22.3 Å². The summed E-state index contributed by atoms with van der Waals surface area (Å²) in [5, 5.41) is 3.05. The van der Waals surface area contributed by atoms with E-state index in [-0.39, 0.29) is 5.91 Å². The van der Waals surface area contributed by atoms with Crippen molar-refractivity contribution in [3.05, 3.63) is 27.8 Å². The average molecular weight is 302 g/mol. The Bertz CT molecular complexity index is 336. The molecule has 1 amide bonds. The van der Waals surface area contributed by atoms with E-state index in [4.69, 9.17) is 0 Å². The van der Waals surface area contributed by atoms with Crippen molar-refractivity contribution in [1.82, 2.24) is 5.32 Å². The molecule has 0 unspecified atom stereocenters. The second-order valence-electron chi connectivity index (χ2n) is 3.20. The van der Waals surface area contributed by atoms with Crippen LogP contribution in [0.3, 0.4) is 0 Å². The van der Waals surface area contributed by atoms with Gasteiger partial charge < -0.3 is 10.2 Å². The first-order valence-corrected chi connectivity index (χ1v) is 5.62. The van der Waals surface area contributed by atoms with E-state index in [1.54, 1.807) is 0 Å². The number of carbonyl (C=O) groups excluding carboxylic acids is 1. The summed E-state index contributed by atoms with van der Waals surface area (Å²) in [7, 11) is 0. The first-order valence-electron chi connectivity index (χ1n) is 4.54. The lowest BCUT2D eigenvalue weighted by atomic mass is 10.2. The largest absolute Gasteiger partial charge is 0.310 e. The minimum absolute atomic E-state index is 0.150. The quantitative estimate of drug-likeness (QED) is 0.791. The first-order chi connectivity index (χ1) is 6.77. The van der Waals surface area contributed by atoms with Crippen LogP contribution in [0.1, 0.15) is 0 Å². The summed E-state index contributed by atoms with van der Waals surface area (Å²) in [6.07, 6.45) is 0. The normalized spacial score (nSPS) is 17.2. The molecule has 0 saturated carbocycles. The molecular weight excluding hydrogens is 291 g/mol. The number of anilines is 1. The van der Waals surface area contributed by atoms with Crippen LogP contribution < -0.4 is 10.2 Å². The van der Waals surface area contributed by atoms with Gasteiger partial charge in [0.1, 0.15) is 0 Å². The molecule has 0 spiro atoms. The van der Waals surface area contributed by atoms with Gasteiger partial charge in [-0.15, -0.1) is 0 Å². The fraction of sp³-hybridized carbons (Fsp3) is 0.300. The van der Waals surface area contributed by atoms with E-state index >= 15 is 0 Å². The van der Waals surface area contributed by atoms with Crippen LogP contribution in [0.15, 0.2) is 24.3 Å². The zero-order chi connectivity index (χ0) is 9.97. The fourth-order valence-corrected chi connectivity index (χ4v) is 1.86. The van der Waals surface area contributed by atoms with Gasteiger partial charge in [-0.2, -0.15) is 0 Å². The summed E-state index contributed by atoms with van der Waals surface area (Å²) < 4.78 is 1.19. The number of hydrogen-bond acceptors (Lipinski definition) is 2. The highest BCUT2D eigenvalue weighted by Crippen LogP contribution is 2.17. The molecule has 1 aromatic carbocycles.